The maximum Gasteiger partial charge on any atom is 0.309 e. The summed E-state index contributed by atoms with van der Waals surface area (Å²) in [7, 11) is 0. The van der Waals surface area contributed by atoms with E-state index in [1.54, 1.807) is 0 Å². The normalized spacial score (nSPS) is 24.8. The molecule has 1 heterocycles. The first kappa shape index (κ1) is 15.0. The zero-order chi connectivity index (χ0) is 15.0. The first-order valence-corrected chi connectivity index (χ1v) is 8.61. The molecule has 0 amide bonds. The largest absolute Gasteiger partial charge is 0.481 e. The molecule has 2 aliphatic rings. The zero-order valence-electron chi connectivity index (χ0n) is 12.4. The van der Waals surface area contributed by atoms with Crippen molar-refractivity contribution in [3.8, 4) is 0 Å². The van der Waals surface area contributed by atoms with Crippen LogP contribution in [0.3, 0.4) is 0 Å². The molecule has 1 aliphatic heterocycles. The Kier molecular flexibility index (Phi) is 4.10. The van der Waals surface area contributed by atoms with Gasteiger partial charge in [0.25, 0.3) is 0 Å². The van der Waals surface area contributed by atoms with Gasteiger partial charge in [0.2, 0.25) is 0 Å². The van der Waals surface area contributed by atoms with Gasteiger partial charge in [-0.3, -0.25) is 9.69 Å². The number of aliphatic carboxylic acids is 1. The second-order valence-corrected chi connectivity index (χ2v) is 7.19. The SMILES string of the molecule is CCC1(C(=O)O)CCN(C2CCc3c(Br)cccc32)CC1. The molecule has 1 N–H and O–H groups in total. The van der Waals surface area contributed by atoms with Gasteiger partial charge < -0.3 is 5.11 Å². The molecule has 1 atom stereocenters. The molecule has 0 bridgehead atoms. The number of hydrogen-bond donors (Lipinski definition) is 1. The maximum atomic E-state index is 11.6. The second kappa shape index (κ2) is 5.73. The lowest BCUT2D eigenvalue weighted by molar-refractivity contribution is -0.152. The molecule has 1 aromatic rings. The topological polar surface area (TPSA) is 40.5 Å². The third kappa shape index (κ3) is 2.53. The molecule has 114 valence electrons. The molecule has 1 saturated heterocycles. The molecule has 1 unspecified atom stereocenters. The first-order chi connectivity index (χ1) is 10.1. The Bertz CT molecular complexity index is 550. The minimum absolute atomic E-state index is 0.473. The summed E-state index contributed by atoms with van der Waals surface area (Å²) < 4.78 is 1.22. The number of carboxylic acids is 1. The van der Waals surface area contributed by atoms with Crippen molar-refractivity contribution in [1.29, 1.82) is 0 Å². The van der Waals surface area contributed by atoms with Gasteiger partial charge >= 0.3 is 5.97 Å². The summed E-state index contributed by atoms with van der Waals surface area (Å²) in [5, 5.41) is 9.51. The Hall–Kier alpha value is -0.870. The summed E-state index contributed by atoms with van der Waals surface area (Å²) in [5.74, 6) is -0.612. The van der Waals surface area contributed by atoms with E-state index in [-0.39, 0.29) is 0 Å². The van der Waals surface area contributed by atoms with Crippen LogP contribution in [0.2, 0.25) is 0 Å². The molecule has 1 aromatic carbocycles. The fraction of sp³-hybridized carbons (Fsp3) is 0.588. The number of benzene rings is 1. The summed E-state index contributed by atoms with van der Waals surface area (Å²) in [6, 6.07) is 6.93. The highest BCUT2D eigenvalue weighted by molar-refractivity contribution is 9.10. The van der Waals surface area contributed by atoms with Crippen molar-refractivity contribution >= 4 is 21.9 Å². The summed E-state index contributed by atoms with van der Waals surface area (Å²) in [5.41, 5.74) is 2.38. The van der Waals surface area contributed by atoms with Gasteiger partial charge in [0.05, 0.1) is 5.41 Å². The van der Waals surface area contributed by atoms with E-state index in [1.807, 2.05) is 6.92 Å². The van der Waals surface area contributed by atoms with Crippen LogP contribution in [0.25, 0.3) is 0 Å². The fourth-order valence-electron chi connectivity index (χ4n) is 3.95. The third-order valence-corrected chi connectivity index (χ3v) is 6.25. The van der Waals surface area contributed by atoms with Crippen LogP contribution < -0.4 is 0 Å². The van der Waals surface area contributed by atoms with Gasteiger partial charge in [-0.2, -0.15) is 0 Å². The Balaban J connectivity index is 1.75. The molecule has 3 nitrogen and oxygen atoms in total. The highest BCUT2D eigenvalue weighted by atomic mass is 79.9. The van der Waals surface area contributed by atoms with Crippen LogP contribution in [0.1, 0.15) is 49.8 Å². The van der Waals surface area contributed by atoms with Crippen LogP contribution in [0, 0.1) is 5.41 Å². The van der Waals surface area contributed by atoms with Gasteiger partial charge in [-0.25, -0.2) is 0 Å². The number of likely N-dealkylation sites (tertiary alicyclic amines) is 1. The van der Waals surface area contributed by atoms with Crippen molar-refractivity contribution < 1.29 is 9.90 Å². The van der Waals surface area contributed by atoms with E-state index in [9.17, 15) is 9.90 Å². The Labute approximate surface area is 134 Å². The van der Waals surface area contributed by atoms with Crippen molar-refractivity contribution in [2.24, 2.45) is 5.41 Å². The van der Waals surface area contributed by atoms with Gasteiger partial charge in [-0.15, -0.1) is 0 Å². The Morgan fingerprint density at radius 2 is 2.14 bits per heavy atom. The van der Waals surface area contributed by atoms with Crippen molar-refractivity contribution in [2.75, 3.05) is 13.1 Å². The summed E-state index contributed by atoms with van der Waals surface area (Å²) in [4.78, 5) is 14.0. The molecule has 4 heteroatoms. The van der Waals surface area contributed by atoms with E-state index in [0.717, 1.165) is 45.2 Å². The number of nitrogens with zero attached hydrogens (tertiary/aromatic N) is 1. The molecule has 3 rings (SSSR count). The monoisotopic (exact) mass is 351 g/mol. The van der Waals surface area contributed by atoms with E-state index in [2.05, 4.69) is 39.0 Å². The third-order valence-electron chi connectivity index (χ3n) is 5.51. The van der Waals surface area contributed by atoms with Crippen LogP contribution in [0.5, 0.6) is 0 Å². The minimum Gasteiger partial charge on any atom is -0.481 e. The lowest BCUT2D eigenvalue weighted by Gasteiger charge is -2.41. The molecule has 0 saturated carbocycles. The Morgan fingerprint density at radius 3 is 2.76 bits per heavy atom. The number of rotatable bonds is 3. The lowest BCUT2D eigenvalue weighted by atomic mass is 9.76. The summed E-state index contributed by atoms with van der Waals surface area (Å²) in [6.45, 7) is 3.80. The minimum atomic E-state index is -0.612. The number of carbonyl (C=O) groups is 1. The second-order valence-electron chi connectivity index (χ2n) is 6.34. The van der Waals surface area contributed by atoms with E-state index < -0.39 is 11.4 Å². The average Bonchev–Trinajstić information content (AvgIpc) is 2.92. The summed E-state index contributed by atoms with van der Waals surface area (Å²) in [6.07, 6.45) is 4.57. The van der Waals surface area contributed by atoms with E-state index in [1.165, 1.54) is 15.6 Å². The quantitative estimate of drug-likeness (QED) is 0.894. The molecule has 21 heavy (non-hydrogen) atoms. The number of fused-ring (bicyclic) bond motifs is 1. The molecule has 0 radical (unpaired) electrons. The lowest BCUT2D eigenvalue weighted by Crippen LogP contribution is -2.45. The van der Waals surface area contributed by atoms with Crippen molar-refractivity contribution in [3.63, 3.8) is 0 Å². The Morgan fingerprint density at radius 1 is 1.43 bits per heavy atom. The molecular formula is C17H22BrNO2. The van der Waals surface area contributed by atoms with Crippen LogP contribution >= 0.6 is 15.9 Å². The summed E-state index contributed by atoms with van der Waals surface area (Å²) >= 11 is 3.65. The average molecular weight is 352 g/mol. The molecule has 0 spiro atoms. The number of hydrogen-bond acceptors (Lipinski definition) is 2. The number of halogens is 1. The van der Waals surface area contributed by atoms with Crippen LogP contribution in [0.15, 0.2) is 22.7 Å². The standard InChI is InChI=1S/C17H22BrNO2/c1-2-17(16(20)21)8-10-19(11-9-17)15-7-6-12-13(15)4-3-5-14(12)18/h3-5,15H,2,6-11H2,1H3,(H,20,21). The van der Waals surface area contributed by atoms with E-state index >= 15 is 0 Å². The molecule has 1 fully saturated rings. The predicted molar refractivity (Wildman–Crippen MR) is 86.4 cm³/mol. The van der Waals surface area contributed by atoms with E-state index in [0.29, 0.717) is 6.04 Å². The highest BCUT2D eigenvalue weighted by Gasteiger charge is 2.42. The first-order valence-electron chi connectivity index (χ1n) is 7.82. The fourth-order valence-corrected chi connectivity index (χ4v) is 4.53. The zero-order valence-corrected chi connectivity index (χ0v) is 14.0. The van der Waals surface area contributed by atoms with Gasteiger partial charge in [0.15, 0.2) is 0 Å². The van der Waals surface area contributed by atoms with Gasteiger partial charge in [-0.05, 0) is 62.4 Å². The molecule has 1 aliphatic carbocycles. The van der Waals surface area contributed by atoms with Crippen LogP contribution in [-0.4, -0.2) is 29.1 Å². The van der Waals surface area contributed by atoms with Gasteiger partial charge in [-0.1, -0.05) is 35.0 Å². The number of carboxylic acid groups (broad SMARTS) is 1. The van der Waals surface area contributed by atoms with Crippen LogP contribution in [-0.2, 0) is 11.2 Å². The molecular weight excluding hydrogens is 330 g/mol. The van der Waals surface area contributed by atoms with Gasteiger partial charge in [0.1, 0.15) is 0 Å². The predicted octanol–water partition coefficient (Wildman–Crippen LogP) is 4.01. The highest BCUT2D eigenvalue weighted by Crippen LogP contribution is 2.43. The van der Waals surface area contributed by atoms with Crippen molar-refractivity contribution in [2.45, 2.75) is 45.1 Å². The van der Waals surface area contributed by atoms with Crippen molar-refractivity contribution in [1.82, 2.24) is 4.90 Å². The smallest absolute Gasteiger partial charge is 0.309 e. The van der Waals surface area contributed by atoms with Crippen LogP contribution in [0.4, 0.5) is 0 Å². The van der Waals surface area contributed by atoms with Crippen molar-refractivity contribution in [3.05, 3.63) is 33.8 Å². The molecule has 0 aromatic heterocycles. The number of piperidine rings is 1. The van der Waals surface area contributed by atoms with Gasteiger partial charge in [0, 0.05) is 10.5 Å². The van der Waals surface area contributed by atoms with E-state index in [4.69, 9.17) is 0 Å². The maximum absolute atomic E-state index is 11.6.